The van der Waals surface area contributed by atoms with Gasteiger partial charge in [-0.3, -0.25) is 9.69 Å². The fourth-order valence-electron chi connectivity index (χ4n) is 3.33. The lowest BCUT2D eigenvalue weighted by atomic mass is 10.0. The number of hydrogen-bond donors (Lipinski definition) is 1. The number of pyridine rings is 1. The Bertz CT molecular complexity index is 996. The highest BCUT2D eigenvalue weighted by atomic mass is 16.7. The van der Waals surface area contributed by atoms with Gasteiger partial charge < -0.3 is 19.2 Å². The third kappa shape index (κ3) is 3.33. The summed E-state index contributed by atoms with van der Waals surface area (Å²) in [7, 11) is 3.76. The second-order valence-electron chi connectivity index (χ2n) is 6.82. The van der Waals surface area contributed by atoms with Gasteiger partial charge in [0.2, 0.25) is 12.7 Å². The van der Waals surface area contributed by atoms with E-state index >= 15 is 0 Å². The Labute approximate surface area is 157 Å². The fraction of sp³-hybridized carbons (Fsp3) is 0.300. The summed E-state index contributed by atoms with van der Waals surface area (Å²) in [5, 5.41) is 3.00. The van der Waals surface area contributed by atoms with Crippen molar-refractivity contribution in [2.45, 2.75) is 19.5 Å². The number of hydrogen-bond acceptors (Lipinski definition) is 5. The van der Waals surface area contributed by atoms with Gasteiger partial charge in [-0.25, -0.2) is 4.98 Å². The molecular weight excluding hydrogens is 344 g/mol. The summed E-state index contributed by atoms with van der Waals surface area (Å²) in [4.78, 5) is 19.3. The third-order valence-electron chi connectivity index (χ3n) is 4.67. The molecule has 1 aromatic carbocycles. The zero-order valence-corrected chi connectivity index (χ0v) is 15.6. The van der Waals surface area contributed by atoms with Gasteiger partial charge in [0.25, 0.3) is 0 Å². The molecule has 1 N–H and O–H groups in total. The maximum atomic E-state index is 12.9. The molecule has 0 saturated heterocycles. The second-order valence-corrected chi connectivity index (χ2v) is 6.82. The zero-order valence-electron chi connectivity index (χ0n) is 15.6. The molecule has 0 fully saturated rings. The average Bonchev–Trinajstić information content (AvgIpc) is 3.26. The summed E-state index contributed by atoms with van der Waals surface area (Å²) in [6, 6.07) is 11.1. The number of aryl methyl sites for hydroxylation is 1. The number of nitrogens with zero attached hydrogens (tertiary/aromatic N) is 3. The van der Waals surface area contributed by atoms with Crippen molar-refractivity contribution in [3.8, 4) is 11.5 Å². The van der Waals surface area contributed by atoms with Crippen LogP contribution in [0.15, 0.2) is 42.6 Å². The predicted octanol–water partition coefficient (Wildman–Crippen LogP) is 2.29. The van der Waals surface area contributed by atoms with E-state index in [9.17, 15) is 4.79 Å². The average molecular weight is 366 g/mol. The van der Waals surface area contributed by atoms with Crippen LogP contribution in [-0.2, 0) is 11.3 Å². The minimum atomic E-state index is -0.432. The fourth-order valence-corrected chi connectivity index (χ4v) is 3.33. The highest BCUT2D eigenvalue weighted by Crippen LogP contribution is 2.35. The van der Waals surface area contributed by atoms with E-state index in [1.807, 2.05) is 72.9 Å². The molecule has 2 aromatic heterocycles. The van der Waals surface area contributed by atoms with E-state index in [0.717, 1.165) is 22.6 Å². The standard InChI is InChI=1S/C20H22N4O3/c1-13-5-4-6-18-22-15(11-24(13)18)10-21-20(25)19(23(2)3)14-7-8-16-17(9-14)27-12-26-16/h4-9,11,19H,10,12H2,1-3H3,(H,21,25). The molecule has 0 bridgehead atoms. The number of carbonyl (C=O) groups excluding carboxylic acids is 1. The van der Waals surface area contributed by atoms with Gasteiger partial charge in [0, 0.05) is 11.9 Å². The van der Waals surface area contributed by atoms with Crippen LogP contribution in [0, 0.1) is 6.92 Å². The Balaban J connectivity index is 1.51. The van der Waals surface area contributed by atoms with Crippen LogP contribution in [0.25, 0.3) is 5.65 Å². The first-order valence-corrected chi connectivity index (χ1v) is 8.80. The molecular formula is C20H22N4O3. The van der Waals surface area contributed by atoms with Gasteiger partial charge in [0.05, 0.1) is 12.2 Å². The van der Waals surface area contributed by atoms with Gasteiger partial charge in [0.15, 0.2) is 11.5 Å². The molecule has 7 heteroatoms. The number of amides is 1. The summed E-state index contributed by atoms with van der Waals surface area (Å²) < 4.78 is 12.8. The van der Waals surface area contributed by atoms with Crippen LogP contribution < -0.4 is 14.8 Å². The number of rotatable bonds is 5. The Hall–Kier alpha value is -3.06. The number of aromatic nitrogens is 2. The van der Waals surface area contributed by atoms with Crippen molar-refractivity contribution in [1.82, 2.24) is 19.6 Å². The normalized spacial score (nSPS) is 13.9. The maximum Gasteiger partial charge on any atom is 0.242 e. The summed E-state index contributed by atoms with van der Waals surface area (Å²) in [6.45, 7) is 2.61. The van der Waals surface area contributed by atoms with Crippen LogP contribution in [0.2, 0.25) is 0 Å². The topological polar surface area (TPSA) is 68.1 Å². The van der Waals surface area contributed by atoms with E-state index in [4.69, 9.17) is 9.47 Å². The molecule has 3 aromatic rings. The number of nitrogens with one attached hydrogen (secondary N) is 1. The molecule has 0 radical (unpaired) electrons. The van der Waals surface area contributed by atoms with Crippen LogP contribution in [0.4, 0.5) is 0 Å². The number of ether oxygens (including phenoxy) is 2. The molecule has 7 nitrogen and oxygen atoms in total. The number of imidazole rings is 1. The Kier molecular flexibility index (Phi) is 4.45. The summed E-state index contributed by atoms with van der Waals surface area (Å²) in [5.74, 6) is 1.28. The smallest absolute Gasteiger partial charge is 0.242 e. The van der Waals surface area contributed by atoms with Crippen molar-refractivity contribution < 1.29 is 14.3 Å². The lowest BCUT2D eigenvalue weighted by Gasteiger charge is -2.23. The van der Waals surface area contributed by atoms with E-state index in [2.05, 4.69) is 10.3 Å². The number of fused-ring (bicyclic) bond motifs is 2. The van der Waals surface area contributed by atoms with Gasteiger partial charge in [-0.05, 0) is 50.8 Å². The number of likely N-dealkylation sites (N-methyl/N-ethyl adjacent to an activating group) is 1. The van der Waals surface area contributed by atoms with Crippen LogP contribution in [-0.4, -0.2) is 41.1 Å². The number of carbonyl (C=O) groups is 1. The highest BCUT2D eigenvalue weighted by Gasteiger charge is 2.25. The first kappa shape index (κ1) is 17.4. The SMILES string of the molecule is Cc1cccc2nc(CNC(=O)C(c3ccc4c(c3)OCO4)N(C)C)cn12. The van der Waals surface area contributed by atoms with E-state index < -0.39 is 6.04 Å². The highest BCUT2D eigenvalue weighted by molar-refractivity contribution is 5.83. The van der Waals surface area contributed by atoms with Crippen molar-refractivity contribution in [1.29, 1.82) is 0 Å². The lowest BCUT2D eigenvalue weighted by Crippen LogP contribution is -2.36. The third-order valence-corrected chi connectivity index (χ3v) is 4.67. The van der Waals surface area contributed by atoms with Crippen LogP contribution in [0.1, 0.15) is 23.0 Å². The first-order chi connectivity index (χ1) is 13.0. The van der Waals surface area contributed by atoms with Gasteiger partial charge in [-0.1, -0.05) is 12.1 Å². The quantitative estimate of drug-likeness (QED) is 0.750. The summed E-state index contributed by atoms with van der Waals surface area (Å²) >= 11 is 0. The molecule has 140 valence electrons. The summed E-state index contributed by atoms with van der Waals surface area (Å²) in [5.41, 5.74) is 3.65. The molecule has 3 heterocycles. The van der Waals surface area contributed by atoms with E-state index in [-0.39, 0.29) is 12.7 Å². The van der Waals surface area contributed by atoms with Crippen LogP contribution in [0.3, 0.4) is 0 Å². The van der Waals surface area contributed by atoms with Crippen LogP contribution in [0.5, 0.6) is 11.5 Å². The molecule has 0 spiro atoms. The molecule has 1 amide bonds. The summed E-state index contributed by atoms with van der Waals surface area (Å²) in [6.07, 6.45) is 1.95. The molecule has 27 heavy (non-hydrogen) atoms. The van der Waals surface area contributed by atoms with Crippen molar-refractivity contribution in [3.05, 3.63) is 59.5 Å². The Morgan fingerprint density at radius 2 is 2.07 bits per heavy atom. The Morgan fingerprint density at radius 3 is 2.85 bits per heavy atom. The lowest BCUT2D eigenvalue weighted by molar-refractivity contribution is -0.126. The van der Waals surface area contributed by atoms with Gasteiger partial charge in [0.1, 0.15) is 11.7 Å². The minimum absolute atomic E-state index is 0.0901. The van der Waals surface area contributed by atoms with Gasteiger partial charge in [-0.2, -0.15) is 0 Å². The van der Waals surface area contributed by atoms with E-state index in [1.165, 1.54) is 0 Å². The molecule has 0 saturated carbocycles. The van der Waals surface area contributed by atoms with Crippen molar-refractivity contribution in [2.75, 3.05) is 20.9 Å². The first-order valence-electron chi connectivity index (χ1n) is 8.80. The van der Waals surface area contributed by atoms with Crippen molar-refractivity contribution in [3.63, 3.8) is 0 Å². The number of benzene rings is 1. The molecule has 4 rings (SSSR count). The maximum absolute atomic E-state index is 12.9. The largest absolute Gasteiger partial charge is 0.454 e. The monoisotopic (exact) mass is 366 g/mol. The Morgan fingerprint density at radius 1 is 1.26 bits per heavy atom. The molecule has 1 unspecified atom stereocenters. The van der Waals surface area contributed by atoms with E-state index in [1.54, 1.807) is 0 Å². The molecule has 1 aliphatic heterocycles. The van der Waals surface area contributed by atoms with E-state index in [0.29, 0.717) is 18.0 Å². The molecule has 1 aliphatic rings. The van der Waals surface area contributed by atoms with Crippen LogP contribution >= 0.6 is 0 Å². The second kappa shape index (κ2) is 6.92. The van der Waals surface area contributed by atoms with Crippen molar-refractivity contribution >= 4 is 11.6 Å². The molecule has 1 atom stereocenters. The predicted molar refractivity (Wildman–Crippen MR) is 101 cm³/mol. The molecule has 0 aliphatic carbocycles. The van der Waals surface area contributed by atoms with Gasteiger partial charge >= 0.3 is 0 Å². The zero-order chi connectivity index (χ0) is 19.0. The van der Waals surface area contributed by atoms with Crippen molar-refractivity contribution in [2.24, 2.45) is 0 Å². The van der Waals surface area contributed by atoms with Gasteiger partial charge in [-0.15, -0.1) is 0 Å². The minimum Gasteiger partial charge on any atom is -0.454 e.